The molecule has 1 saturated heterocycles. The van der Waals surface area contributed by atoms with Gasteiger partial charge in [-0.05, 0) is 74.9 Å². The van der Waals surface area contributed by atoms with Crippen molar-refractivity contribution < 1.29 is 12.8 Å². The highest BCUT2D eigenvalue weighted by molar-refractivity contribution is 7.91. The van der Waals surface area contributed by atoms with E-state index in [0.29, 0.717) is 12.0 Å². The molecule has 2 aromatic carbocycles. The van der Waals surface area contributed by atoms with E-state index < -0.39 is 15.7 Å². The Bertz CT molecular complexity index is 913. The Morgan fingerprint density at radius 3 is 2.64 bits per heavy atom. The first kappa shape index (κ1) is 16.5. The molecule has 2 aromatic rings. The van der Waals surface area contributed by atoms with Gasteiger partial charge in [0.15, 0.2) is 0 Å². The third-order valence-electron chi connectivity index (χ3n) is 5.31. The molecule has 0 unspecified atom stereocenters. The number of rotatable bonds is 2. The van der Waals surface area contributed by atoms with E-state index in [1.54, 1.807) is 12.1 Å². The topological polar surface area (TPSA) is 49.4 Å². The molecule has 0 aliphatic carbocycles. The fourth-order valence-electron chi connectivity index (χ4n) is 3.89. The average molecular weight is 360 g/mol. The van der Waals surface area contributed by atoms with Gasteiger partial charge in [0, 0.05) is 17.6 Å². The maximum absolute atomic E-state index is 13.5. The predicted octanol–water partition coefficient (Wildman–Crippen LogP) is 3.26. The van der Waals surface area contributed by atoms with E-state index in [4.69, 9.17) is 0 Å². The molecule has 0 aromatic heterocycles. The molecule has 4 nitrogen and oxygen atoms in total. The van der Waals surface area contributed by atoms with Gasteiger partial charge in [0.1, 0.15) is 5.82 Å². The second kappa shape index (κ2) is 6.11. The maximum atomic E-state index is 13.5. The molecule has 2 atom stereocenters. The lowest BCUT2D eigenvalue weighted by molar-refractivity contribution is 0.346. The average Bonchev–Trinajstić information content (AvgIpc) is 2.84. The third kappa shape index (κ3) is 2.93. The highest BCUT2D eigenvalue weighted by Crippen LogP contribution is 2.42. The number of hydrogen-bond donors (Lipinski definition) is 1. The van der Waals surface area contributed by atoms with Gasteiger partial charge in [0.05, 0.1) is 9.79 Å². The van der Waals surface area contributed by atoms with E-state index in [0.717, 1.165) is 43.2 Å². The second-order valence-corrected chi connectivity index (χ2v) is 8.90. The molecule has 132 valence electrons. The minimum atomic E-state index is -3.72. The number of sulfone groups is 1. The molecule has 25 heavy (non-hydrogen) atoms. The Balaban J connectivity index is 1.73. The van der Waals surface area contributed by atoms with Gasteiger partial charge in [-0.15, -0.1) is 0 Å². The minimum Gasteiger partial charge on any atom is -0.381 e. The van der Waals surface area contributed by atoms with Crippen LogP contribution in [0.3, 0.4) is 0 Å². The predicted molar refractivity (Wildman–Crippen MR) is 95.2 cm³/mol. The summed E-state index contributed by atoms with van der Waals surface area (Å²) < 4.78 is 39.2. The number of benzene rings is 2. The first-order valence-electron chi connectivity index (χ1n) is 8.55. The number of nitrogens with one attached hydrogen (secondary N) is 1. The van der Waals surface area contributed by atoms with Gasteiger partial charge in [-0.1, -0.05) is 6.07 Å². The lowest BCUT2D eigenvalue weighted by Crippen LogP contribution is -2.22. The zero-order valence-corrected chi connectivity index (χ0v) is 14.9. The molecule has 0 spiro atoms. The lowest BCUT2D eigenvalue weighted by atomic mass is 9.91. The summed E-state index contributed by atoms with van der Waals surface area (Å²) in [6.45, 7) is 2.04. The summed E-state index contributed by atoms with van der Waals surface area (Å²) in [6.07, 6.45) is 2.05. The maximum Gasteiger partial charge on any atom is 0.206 e. The van der Waals surface area contributed by atoms with Crippen LogP contribution in [0.2, 0.25) is 0 Å². The number of anilines is 1. The Kier molecular flexibility index (Phi) is 4.04. The van der Waals surface area contributed by atoms with Crippen LogP contribution in [0, 0.1) is 5.82 Å². The van der Waals surface area contributed by atoms with E-state index >= 15 is 0 Å². The van der Waals surface area contributed by atoms with Crippen molar-refractivity contribution in [3.63, 3.8) is 0 Å². The van der Waals surface area contributed by atoms with Crippen molar-refractivity contribution in [2.75, 3.05) is 25.5 Å². The number of hydrogen-bond acceptors (Lipinski definition) is 4. The molecule has 2 aliphatic rings. The van der Waals surface area contributed by atoms with Crippen LogP contribution in [0.1, 0.15) is 24.3 Å². The summed E-state index contributed by atoms with van der Waals surface area (Å²) in [4.78, 5) is 2.54. The van der Waals surface area contributed by atoms with Crippen molar-refractivity contribution in [3.8, 4) is 0 Å². The third-order valence-corrected chi connectivity index (χ3v) is 7.06. The van der Waals surface area contributed by atoms with E-state index in [1.807, 2.05) is 6.07 Å². The molecule has 6 heteroatoms. The quantitative estimate of drug-likeness (QED) is 0.893. The standard InChI is InChI=1S/C19H21FN2O2S/c1-22-9-7-16-17-12-15(5-6-18(17)21-19(16)8-10-22)25(23,24)14-4-2-3-13(20)11-14/h2-6,11-12,16,19,21H,7-10H2,1H3/t16-,19+/m0/s1. The molecule has 1 N–H and O–H groups in total. The van der Waals surface area contributed by atoms with Gasteiger partial charge in [-0.25, -0.2) is 12.8 Å². The van der Waals surface area contributed by atoms with E-state index in [1.165, 1.54) is 18.2 Å². The highest BCUT2D eigenvalue weighted by atomic mass is 32.2. The van der Waals surface area contributed by atoms with Gasteiger partial charge in [-0.3, -0.25) is 0 Å². The molecule has 0 amide bonds. The van der Waals surface area contributed by atoms with Crippen LogP contribution >= 0.6 is 0 Å². The van der Waals surface area contributed by atoms with Crippen LogP contribution in [0.25, 0.3) is 0 Å². The monoisotopic (exact) mass is 360 g/mol. The van der Waals surface area contributed by atoms with Crippen LogP contribution < -0.4 is 5.32 Å². The van der Waals surface area contributed by atoms with E-state index in [9.17, 15) is 12.8 Å². The molecule has 0 bridgehead atoms. The van der Waals surface area contributed by atoms with Crippen LogP contribution in [-0.4, -0.2) is 39.5 Å². The summed E-state index contributed by atoms with van der Waals surface area (Å²) in [7, 11) is -1.60. The Morgan fingerprint density at radius 2 is 1.84 bits per heavy atom. The number of nitrogens with zero attached hydrogens (tertiary/aromatic N) is 1. The Labute approximate surface area is 147 Å². The zero-order valence-electron chi connectivity index (χ0n) is 14.1. The lowest BCUT2D eigenvalue weighted by Gasteiger charge is -2.16. The first-order chi connectivity index (χ1) is 11.9. The minimum absolute atomic E-state index is 0.00411. The summed E-state index contributed by atoms with van der Waals surface area (Å²) in [5.41, 5.74) is 2.09. The summed E-state index contributed by atoms with van der Waals surface area (Å²) in [5.74, 6) is -0.224. The molecular weight excluding hydrogens is 339 g/mol. The summed E-state index contributed by atoms with van der Waals surface area (Å²) in [5, 5.41) is 3.54. The highest BCUT2D eigenvalue weighted by Gasteiger charge is 2.34. The fraction of sp³-hybridized carbons (Fsp3) is 0.368. The molecule has 0 saturated carbocycles. The van der Waals surface area contributed by atoms with Crippen LogP contribution in [0.15, 0.2) is 52.3 Å². The van der Waals surface area contributed by atoms with Crippen molar-refractivity contribution >= 4 is 15.5 Å². The zero-order chi connectivity index (χ0) is 17.6. The van der Waals surface area contributed by atoms with E-state index in [2.05, 4.69) is 17.3 Å². The molecule has 1 fully saturated rings. The second-order valence-electron chi connectivity index (χ2n) is 6.95. The smallest absolute Gasteiger partial charge is 0.206 e. The summed E-state index contributed by atoms with van der Waals surface area (Å²) in [6, 6.07) is 10.8. The van der Waals surface area contributed by atoms with Crippen molar-refractivity contribution in [2.45, 2.75) is 34.6 Å². The van der Waals surface area contributed by atoms with E-state index in [-0.39, 0.29) is 9.79 Å². The van der Waals surface area contributed by atoms with Gasteiger partial charge in [0.2, 0.25) is 9.84 Å². The van der Waals surface area contributed by atoms with Gasteiger partial charge < -0.3 is 10.2 Å². The van der Waals surface area contributed by atoms with Crippen molar-refractivity contribution in [3.05, 3.63) is 53.8 Å². The first-order valence-corrected chi connectivity index (χ1v) is 10.0. The van der Waals surface area contributed by atoms with Crippen LogP contribution in [-0.2, 0) is 9.84 Å². The number of likely N-dealkylation sites (tertiary alicyclic amines) is 1. The Morgan fingerprint density at radius 1 is 1.08 bits per heavy atom. The van der Waals surface area contributed by atoms with Crippen molar-refractivity contribution in [2.24, 2.45) is 0 Å². The van der Waals surface area contributed by atoms with Crippen LogP contribution in [0.4, 0.5) is 10.1 Å². The Hall–Kier alpha value is -1.92. The number of fused-ring (bicyclic) bond motifs is 3. The molecular formula is C19H21FN2O2S. The SMILES string of the molecule is CN1CC[C@H]2Nc3ccc(S(=O)(=O)c4cccc(F)c4)cc3[C@@H]2CC1. The van der Waals surface area contributed by atoms with Gasteiger partial charge in [0.25, 0.3) is 0 Å². The van der Waals surface area contributed by atoms with Gasteiger partial charge >= 0.3 is 0 Å². The fourth-order valence-corrected chi connectivity index (χ4v) is 5.22. The van der Waals surface area contributed by atoms with Crippen molar-refractivity contribution in [1.29, 1.82) is 0 Å². The molecule has 0 radical (unpaired) electrons. The normalized spacial score (nSPS) is 23.4. The molecule has 2 aliphatic heterocycles. The van der Waals surface area contributed by atoms with Gasteiger partial charge in [-0.2, -0.15) is 0 Å². The van der Waals surface area contributed by atoms with Crippen molar-refractivity contribution in [1.82, 2.24) is 4.90 Å². The summed E-state index contributed by atoms with van der Waals surface area (Å²) >= 11 is 0. The molecule has 2 heterocycles. The van der Waals surface area contributed by atoms with Crippen LogP contribution in [0.5, 0.6) is 0 Å². The molecule has 4 rings (SSSR count). The number of halogens is 1. The largest absolute Gasteiger partial charge is 0.381 e.